The molecule has 0 atom stereocenters. The Morgan fingerprint density at radius 2 is 1.90 bits per heavy atom. The van der Waals surface area contributed by atoms with Gasteiger partial charge in [-0.1, -0.05) is 0 Å². The van der Waals surface area contributed by atoms with E-state index in [1.165, 1.54) is 26.2 Å². The van der Waals surface area contributed by atoms with E-state index in [0.717, 1.165) is 11.5 Å². The van der Waals surface area contributed by atoms with Gasteiger partial charge in [0, 0.05) is 19.1 Å². The summed E-state index contributed by atoms with van der Waals surface area (Å²) < 4.78 is 0. The minimum Gasteiger partial charge on any atom is -0.345 e. The first-order chi connectivity index (χ1) is 4.72. The quantitative estimate of drug-likeness (QED) is 0.510. The molecule has 0 amide bonds. The number of rotatable bonds is 1. The van der Waals surface area contributed by atoms with Crippen LogP contribution < -0.4 is 5.32 Å². The Balaban J connectivity index is 1.82. The highest BCUT2D eigenvalue weighted by Gasteiger charge is 2.51. The maximum atomic E-state index is 2.56. The fourth-order valence-corrected chi connectivity index (χ4v) is 1.99. The smallest absolute Gasteiger partial charge is 0.0933 e. The van der Waals surface area contributed by atoms with Gasteiger partial charge in [0.05, 0.1) is 18.5 Å². The molecule has 2 saturated heterocycles. The second-order valence-corrected chi connectivity index (χ2v) is 4.20. The Labute approximate surface area is 62.6 Å². The first-order valence-corrected chi connectivity index (χ1v) is 4.28. The van der Waals surface area contributed by atoms with Gasteiger partial charge in [0.1, 0.15) is 0 Å². The largest absolute Gasteiger partial charge is 0.345 e. The van der Waals surface area contributed by atoms with Gasteiger partial charge in [-0.25, -0.2) is 0 Å². The molecule has 0 aliphatic carbocycles. The van der Waals surface area contributed by atoms with Gasteiger partial charge in [-0.3, -0.25) is 4.90 Å². The highest BCUT2D eigenvalue weighted by Crippen LogP contribution is 2.31. The van der Waals surface area contributed by atoms with Gasteiger partial charge in [0.15, 0.2) is 0 Å². The summed E-state index contributed by atoms with van der Waals surface area (Å²) in [6, 6.07) is 0.770. The fourth-order valence-electron chi connectivity index (χ4n) is 1.99. The zero-order valence-electron chi connectivity index (χ0n) is 6.93. The van der Waals surface area contributed by atoms with Crippen LogP contribution in [0.3, 0.4) is 0 Å². The Hall–Kier alpha value is -0.0800. The fraction of sp³-hybridized carbons (Fsp3) is 1.00. The molecule has 1 spiro atoms. The van der Waals surface area contributed by atoms with Crippen LogP contribution in [0.4, 0.5) is 0 Å². The molecule has 0 unspecified atom stereocenters. The second kappa shape index (κ2) is 1.95. The second-order valence-electron chi connectivity index (χ2n) is 4.20. The van der Waals surface area contributed by atoms with Crippen LogP contribution in [0.2, 0.25) is 0 Å². The number of hydrogen-bond donors (Lipinski definition) is 1. The van der Waals surface area contributed by atoms with Crippen LogP contribution in [-0.4, -0.2) is 37.1 Å². The molecule has 0 bridgehead atoms. The number of quaternary nitrogens is 1. The van der Waals surface area contributed by atoms with E-state index in [9.17, 15) is 0 Å². The summed E-state index contributed by atoms with van der Waals surface area (Å²) in [6.07, 6.45) is 0. The summed E-state index contributed by atoms with van der Waals surface area (Å²) in [5.74, 6) is 0. The summed E-state index contributed by atoms with van der Waals surface area (Å²) in [5.41, 5.74) is 0.768. The van der Waals surface area contributed by atoms with Crippen LogP contribution in [0.25, 0.3) is 0 Å². The monoisotopic (exact) mass is 141 g/mol. The summed E-state index contributed by atoms with van der Waals surface area (Å²) in [4.78, 5) is 2.56. The molecule has 10 heavy (non-hydrogen) atoms. The van der Waals surface area contributed by atoms with Crippen LogP contribution in [0, 0.1) is 5.41 Å². The minimum absolute atomic E-state index is 0.768. The lowest BCUT2D eigenvalue weighted by molar-refractivity contribution is -0.748. The normalized spacial score (nSPS) is 30.3. The van der Waals surface area contributed by atoms with Crippen molar-refractivity contribution in [1.82, 2.24) is 4.90 Å². The third-order valence-electron chi connectivity index (χ3n) is 2.96. The third kappa shape index (κ3) is 0.789. The number of likely N-dealkylation sites (tertiary alicyclic amines) is 1. The van der Waals surface area contributed by atoms with Crippen molar-refractivity contribution in [2.45, 2.75) is 19.9 Å². The highest BCUT2D eigenvalue weighted by atomic mass is 15.3. The van der Waals surface area contributed by atoms with Crippen molar-refractivity contribution in [3.63, 3.8) is 0 Å². The van der Waals surface area contributed by atoms with Gasteiger partial charge >= 0.3 is 0 Å². The molecule has 2 aliphatic rings. The van der Waals surface area contributed by atoms with Crippen molar-refractivity contribution < 1.29 is 5.32 Å². The van der Waals surface area contributed by atoms with E-state index in [2.05, 4.69) is 24.1 Å². The average Bonchev–Trinajstić information content (AvgIpc) is 1.54. The number of nitrogens with zero attached hydrogens (tertiary/aromatic N) is 1. The predicted octanol–water partition coefficient (Wildman–Crippen LogP) is -0.726. The SMILES string of the molecule is CC(C)N1CC2(C[NH2+]C2)C1. The highest BCUT2D eigenvalue weighted by molar-refractivity contribution is 4.97. The lowest BCUT2D eigenvalue weighted by Gasteiger charge is -2.54. The molecule has 2 N–H and O–H groups in total. The van der Waals surface area contributed by atoms with Gasteiger partial charge in [-0.15, -0.1) is 0 Å². The molecule has 0 aromatic carbocycles. The van der Waals surface area contributed by atoms with Gasteiger partial charge in [-0.2, -0.15) is 0 Å². The van der Waals surface area contributed by atoms with Crippen LogP contribution in [0.1, 0.15) is 13.8 Å². The van der Waals surface area contributed by atoms with E-state index in [4.69, 9.17) is 0 Å². The standard InChI is InChI=1S/C8H16N2/c1-7(2)10-5-8(6-10)3-9-4-8/h7,9H,3-6H2,1-2H3/p+1. The lowest BCUT2D eigenvalue weighted by atomic mass is 9.74. The Morgan fingerprint density at radius 1 is 1.30 bits per heavy atom. The molecule has 0 saturated carbocycles. The van der Waals surface area contributed by atoms with Gasteiger partial charge in [0.2, 0.25) is 0 Å². The molecule has 2 nitrogen and oxygen atoms in total. The van der Waals surface area contributed by atoms with Gasteiger partial charge < -0.3 is 5.32 Å². The summed E-state index contributed by atoms with van der Waals surface area (Å²) >= 11 is 0. The molecule has 0 aromatic rings. The van der Waals surface area contributed by atoms with Crippen molar-refractivity contribution in [2.24, 2.45) is 5.41 Å². The maximum absolute atomic E-state index is 2.56. The van der Waals surface area contributed by atoms with Gasteiger partial charge in [-0.05, 0) is 13.8 Å². The predicted molar refractivity (Wildman–Crippen MR) is 40.8 cm³/mol. The van der Waals surface area contributed by atoms with E-state index in [1.807, 2.05) is 0 Å². The molecule has 0 aromatic heterocycles. The number of nitrogens with two attached hydrogens (primary N) is 1. The van der Waals surface area contributed by atoms with Crippen LogP contribution in [0.5, 0.6) is 0 Å². The third-order valence-corrected chi connectivity index (χ3v) is 2.96. The average molecular weight is 141 g/mol. The van der Waals surface area contributed by atoms with Crippen molar-refractivity contribution in [1.29, 1.82) is 0 Å². The van der Waals surface area contributed by atoms with Crippen LogP contribution >= 0.6 is 0 Å². The zero-order chi connectivity index (χ0) is 7.19. The zero-order valence-corrected chi connectivity index (χ0v) is 6.93. The Morgan fingerprint density at radius 3 is 2.20 bits per heavy atom. The van der Waals surface area contributed by atoms with E-state index in [-0.39, 0.29) is 0 Å². The van der Waals surface area contributed by atoms with E-state index >= 15 is 0 Å². The van der Waals surface area contributed by atoms with Crippen molar-refractivity contribution in [3.05, 3.63) is 0 Å². The van der Waals surface area contributed by atoms with Crippen LogP contribution in [0.15, 0.2) is 0 Å². The van der Waals surface area contributed by atoms with E-state index < -0.39 is 0 Å². The molecule has 2 aliphatic heterocycles. The molecule has 2 heterocycles. The Kier molecular flexibility index (Phi) is 1.29. The molecule has 2 heteroatoms. The van der Waals surface area contributed by atoms with E-state index in [0.29, 0.717) is 0 Å². The molecular weight excluding hydrogens is 124 g/mol. The summed E-state index contributed by atoms with van der Waals surface area (Å²) in [5, 5.41) is 2.41. The lowest BCUT2D eigenvalue weighted by Crippen LogP contribution is -3.04. The van der Waals surface area contributed by atoms with Crippen LogP contribution in [-0.2, 0) is 0 Å². The van der Waals surface area contributed by atoms with E-state index in [1.54, 1.807) is 0 Å². The molecule has 58 valence electrons. The molecule has 2 fully saturated rings. The van der Waals surface area contributed by atoms with Gasteiger partial charge in [0.25, 0.3) is 0 Å². The van der Waals surface area contributed by atoms with Crippen molar-refractivity contribution in [3.8, 4) is 0 Å². The number of hydrogen-bond acceptors (Lipinski definition) is 1. The van der Waals surface area contributed by atoms with Crippen molar-refractivity contribution >= 4 is 0 Å². The van der Waals surface area contributed by atoms with Crippen molar-refractivity contribution in [2.75, 3.05) is 26.2 Å². The summed E-state index contributed by atoms with van der Waals surface area (Å²) in [6.45, 7) is 10.1. The molecule has 2 rings (SSSR count). The minimum atomic E-state index is 0.768. The maximum Gasteiger partial charge on any atom is 0.0933 e. The first-order valence-electron chi connectivity index (χ1n) is 4.28. The Bertz CT molecular complexity index is 130. The molecular formula is C8H17N2+. The topological polar surface area (TPSA) is 19.9 Å². The molecule has 0 radical (unpaired) electrons. The summed E-state index contributed by atoms with van der Waals surface area (Å²) in [7, 11) is 0. The first kappa shape index (κ1) is 6.62.